The molecule has 1 saturated heterocycles. The summed E-state index contributed by atoms with van der Waals surface area (Å²) in [5.74, 6) is 0.0354. The van der Waals surface area contributed by atoms with Crippen molar-refractivity contribution in [2.75, 3.05) is 36.5 Å². The summed E-state index contributed by atoms with van der Waals surface area (Å²) in [5.41, 5.74) is 4.32. The highest BCUT2D eigenvalue weighted by atomic mass is 79.9. The van der Waals surface area contributed by atoms with Gasteiger partial charge in [-0.3, -0.25) is 4.79 Å². The first kappa shape index (κ1) is 18.0. The van der Waals surface area contributed by atoms with Gasteiger partial charge in [-0.2, -0.15) is 0 Å². The number of aryl methyl sites for hydroxylation is 2. The molecule has 3 rings (SSSR count). The number of anilines is 2. The largest absolute Gasteiger partial charge is 0.378 e. The third-order valence-corrected chi connectivity index (χ3v) is 4.84. The first-order valence-electron chi connectivity index (χ1n) is 8.59. The highest BCUT2D eigenvalue weighted by Crippen LogP contribution is 2.30. The topological polar surface area (TPSA) is 41.6 Å². The molecule has 1 fully saturated rings. The van der Waals surface area contributed by atoms with E-state index in [-0.39, 0.29) is 5.91 Å². The van der Waals surface area contributed by atoms with Crippen LogP contribution in [0, 0.1) is 6.92 Å². The van der Waals surface area contributed by atoms with Crippen LogP contribution in [0.5, 0.6) is 0 Å². The minimum atomic E-state index is 0.0354. The summed E-state index contributed by atoms with van der Waals surface area (Å²) in [6.45, 7) is 5.19. The second-order valence-corrected chi connectivity index (χ2v) is 7.21. The monoisotopic (exact) mass is 402 g/mol. The maximum absolute atomic E-state index is 12.4. The molecule has 2 aromatic carbocycles. The van der Waals surface area contributed by atoms with Gasteiger partial charge in [-0.1, -0.05) is 45.8 Å². The highest BCUT2D eigenvalue weighted by molar-refractivity contribution is 9.10. The SMILES string of the molecule is Cc1ccc(CCC(=O)Nc2cc(Br)ccc2N2CCOCC2)cc1. The second-order valence-electron chi connectivity index (χ2n) is 6.29. The van der Waals surface area contributed by atoms with E-state index < -0.39 is 0 Å². The van der Waals surface area contributed by atoms with Crippen LogP contribution in [0.25, 0.3) is 0 Å². The van der Waals surface area contributed by atoms with Crippen LogP contribution < -0.4 is 10.2 Å². The van der Waals surface area contributed by atoms with Crippen LogP contribution >= 0.6 is 15.9 Å². The zero-order valence-corrected chi connectivity index (χ0v) is 16.0. The van der Waals surface area contributed by atoms with Crippen molar-refractivity contribution in [3.8, 4) is 0 Å². The van der Waals surface area contributed by atoms with E-state index in [0.717, 1.165) is 48.6 Å². The Hall–Kier alpha value is -1.85. The van der Waals surface area contributed by atoms with Crippen molar-refractivity contribution in [3.63, 3.8) is 0 Å². The number of carbonyl (C=O) groups excluding carboxylic acids is 1. The summed E-state index contributed by atoms with van der Waals surface area (Å²) < 4.78 is 6.38. The van der Waals surface area contributed by atoms with Crippen LogP contribution in [0.3, 0.4) is 0 Å². The molecule has 0 atom stereocenters. The van der Waals surface area contributed by atoms with Crippen LogP contribution in [0.1, 0.15) is 17.5 Å². The molecule has 2 aromatic rings. The molecule has 1 heterocycles. The zero-order valence-electron chi connectivity index (χ0n) is 14.4. The van der Waals surface area contributed by atoms with Crippen molar-refractivity contribution in [1.29, 1.82) is 0 Å². The molecule has 1 aliphatic rings. The summed E-state index contributed by atoms with van der Waals surface area (Å²) in [7, 11) is 0. The lowest BCUT2D eigenvalue weighted by Gasteiger charge is -2.30. The minimum Gasteiger partial charge on any atom is -0.378 e. The summed E-state index contributed by atoms with van der Waals surface area (Å²) in [6, 6.07) is 14.4. The fourth-order valence-electron chi connectivity index (χ4n) is 2.91. The Morgan fingerprint density at radius 1 is 1.16 bits per heavy atom. The molecule has 0 aliphatic carbocycles. The molecule has 1 N–H and O–H groups in total. The lowest BCUT2D eigenvalue weighted by molar-refractivity contribution is -0.116. The molecule has 132 valence electrons. The van der Waals surface area contributed by atoms with Gasteiger partial charge in [0, 0.05) is 24.0 Å². The lowest BCUT2D eigenvalue weighted by Crippen LogP contribution is -2.36. The van der Waals surface area contributed by atoms with Crippen molar-refractivity contribution in [1.82, 2.24) is 0 Å². The summed E-state index contributed by atoms with van der Waals surface area (Å²) >= 11 is 3.50. The van der Waals surface area contributed by atoms with Crippen LogP contribution in [0.2, 0.25) is 0 Å². The van der Waals surface area contributed by atoms with E-state index in [4.69, 9.17) is 4.74 Å². The van der Waals surface area contributed by atoms with Gasteiger partial charge in [-0.05, 0) is 37.1 Å². The normalized spacial score (nSPS) is 14.4. The molecule has 5 heteroatoms. The van der Waals surface area contributed by atoms with E-state index in [1.54, 1.807) is 0 Å². The van der Waals surface area contributed by atoms with E-state index in [1.165, 1.54) is 11.1 Å². The summed E-state index contributed by atoms with van der Waals surface area (Å²) in [6.07, 6.45) is 1.21. The predicted octanol–water partition coefficient (Wildman–Crippen LogP) is 4.17. The third-order valence-electron chi connectivity index (χ3n) is 4.35. The molecular formula is C20H23BrN2O2. The van der Waals surface area contributed by atoms with Crippen molar-refractivity contribution < 1.29 is 9.53 Å². The Morgan fingerprint density at radius 3 is 2.60 bits per heavy atom. The molecule has 0 unspecified atom stereocenters. The quantitative estimate of drug-likeness (QED) is 0.815. The van der Waals surface area contributed by atoms with Crippen molar-refractivity contribution >= 4 is 33.2 Å². The molecule has 0 bridgehead atoms. The molecule has 1 aliphatic heterocycles. The minimum absolute atomic E-state index is 0.0354. The molecule has 0 spiro atoms. The van der Waals surface area contributed by atoms with Gasteiger partial charge >= 0.3 is 0 Å². The Bertz CT molecular complexity index is 725. The highest BCUT2D eigenvalue weighted by Gasteiger charge is 2.16. The number of carbonyl (C=O) groups is 1. The van der Waals surface area contributed by atoms with Crippen molar-refractivity contribution in [2.24, 2.45) is 0 Å². The van der Waals surface area contributed by atoms with E-state index in [1.807, 2.05) is 18.2 Å². The summed E-state index contributed by atoms with van der Waals surface area (Å²) in [5, 5.41) is 3.08. The average Bonchev–Trinajstić information content (AvgIpc) is 2.62. The van der Waals surface area contributed by atoms with Gasteiger partial charge in [0.2, 0.25) is 5.91 Å². The van der Waals surface area contributed by atoms with Crippen LogP contribution in [-0.4, -0.2) is 32.2 Å². The predicted molar refractivity (Wildman–Crippen MR) is 105 cm³/mol. The Kier molecular flexibility index (Phi) is 6.10. The first-order chi connectivity index (χ1) is 12.1. The number of halogens is 1. The van der Waals surface area contributed by atoms with E-state index in [0.29, 0.717) is 6.42 Å². The third kappa shape index (κ3) is 5.06. The number of hydrogen-bond acceptors (Lipinski definition) is 3. The number of amides is 1. The molecule has 25 heavy (non-hydrogen) atoms. The van der Waals surface area contributed by atoms with Gasteiger partial charge in [-0.15, -0.1) is 0 Å². The van der Waals surface area contributed by atoms with Gasteiger partial charge in [0.1, 0.15) is 0 Å². The Morgan fingerprint density at radius 2 is 1.88 bits per heavy atom. The van der Waals surface area contributed by atoms with Crippen molar-refractivity contribution in [3.05, 3.63) is 58.1 Å². The number of nitrogens with zero attached hydrogens (tertiary/aromatic N) is 1. The number of morpholine rings is 1. The molecule has 1 amide bonds. The lowest BCUT2D eigenvalue weighted by atomic mass is 10.1. The van der Waals surface area contributed by atoms with Gasteiger partial charge in [0.15, 0.2) is 0 Å². The fraction of sp³-hybridized carbons (Fsp3) is 0.350. The second kappa shape index (κ2) is 8.50. The average molecular weight is 403 g/mol. The van der Waals surface area contributed by atoms with Gasteiger partial charge in [0.25, 0.3) is 0 Å². The number of nitrogens with one attached hydrogen (secondary N) is 1. The summed E-state index contributed by atoms with van der Waals surface area (Å²) in [4.78, 5) is 14.7. The fourth-order valence-corrected chi connectivity index (χ4v) is 3.27. The smallest absolute Gasteiger partial charge is 0.224 e. The van der Waals surface area contributed by atoms with Gasteiger partial charge in [-0.25, -0.2) is 0 Å². The molecule has 0 radical (unpaired) electrons. The maximum atomic E-state index is 12.4. The van der Waals surface area contributed by atoms with E-state index in [9.17, 15) is 4.79 Å². The molecule has 4 nitrogen and oxygen atoms in total. The number of ether oxygens (including phenoxy) is 1. The number of benzene rings is 2. The van der Waals surface area contributed by atoms with Crippen LogP contribution in [0.15, 0.2) is 46.9 Å². The molecule has 0 saturated carbocycles. The maximum Gasteiger partial charge on any atom is 0.224 e. The van der Waals surface area contributed by atoms with Crippen LogP contribution in [0.4, 0.5) is 11.4 Å². The zero-order chi connectivity index (χ0) is 17.6. The van der Waals surface area contributed by atoms with Gasteiger partial charge < -0.3 is 15.0 Å². The van der Waals surface area contributed by atoms with E-state index in [2.05, 4.69) is 57.3 Å². The Balaban J connectivity index is 1.65. The van der Waals surface area contributed by atoms with Crippen LogP contribution in [-0.2, 0) is 16.0 Å². The first-order valence-corrected chi connectivity index (χ1v) is 9.39. The van der Waals surface area contributed by atoms with Crippen molar-refractivity contribution in [2.45, 2.75) is 19.8 Å². The Labute approximate surface area is 157 Å². The number of hydrogen-bond donors (Lipinski definition) is 1. The van der Waals surface area contributed by atoms with E-state index >= 15 is 0 Å². The molecule has 0 aromatic heterocycles. The number of rotatable bonds is 5. The standard InChI is InChI=1S/C20H23BrN2O2/c1-15-2-4-16(5-3-15)6-9-20(24)22-18-14-17(21)7-8-19(18)23-10-12-25-13-11-23/h2-5,7-8,14H,6,9-13H2,1H3,(H,22,24). The van der Waals surface area contributed by atoms with Gasteiger partial charge in [0.05, 0.1) is 24.6 Å². The molecular weight excluding hydrogens is 380 g/mol.